The molecule has 30 heavy (non-hydrogen) atoms. The number of H-pyrrole nitrogens is 1. The number of benzene rings is 1. The molecule has 1 aromatic carbocycles. The fraction of sp³-hybridized carbons (Fsp3) is 0.522. The van der Waals surface area contributed by atoms with Gasteiger partial charge >= 0.3 is 6.03 Å². The molecule has 1 atom stereocenters. The number of aromatic amines is 1. The second kappa shape index (κ2) is 8.90. The lowest BCUT2D eigenvalue weighted by molar-refractivity contribution is -0.138. The van der Waals surface area contributed by atoms with Gasteiger partial charge < -0.3 is 19.7 Å². The molecule has 3 amide bonds. The van der Waals surface area contributed by atoms with Gasteiger partial charge in [0.2, 0.25) is 5.91 Å². The maximum absolute atomic E-state index is 13.3. The van der Waals surface area contributed by atoms with Crippen LogP contribution in [0.15, 0.2) is 36.7 Å². The van der Waals surface area contributed by atoms with E-state index in [4.69, 9.17) is 0 Å². The third-order valence-electron chi connectivity index (χ3n) is 6.36. The number of piperidine rings is 1. The molecule has 0 radical (unpaired) electrons. The summed E-state index contributed by atoms with van der Waals surface area (Å²) >= 11 is 0. The van der Waals surface area contributed by atoms with E-state index in [1.54, 1.807) is 25.3 Å². The third-order valence-corrected chi connectivity index (χ3v) is 6.36. The number of aromatic nitrogens is 2. The number of imidazole rings is 1. The van der Waals surface area contributed by atoms with Crippen molar-refractivity contribution < 1.29 is 9.59 Å². The Balaban J connectivity index is 1.39. The molecule has 1 unspecified atom stereocenters. The van der Waals surface area contributed by atoms with Crippen molar-refractivity contribution in [2.24, 2.45) is 5.92 Å². The van der Waals surface area contributed by atoms with Crippen LogP contribution in [0, 0.1) is 5.92 Å². The summed E-state index contributed by atoms with van der Waals surface area (Å²) in [5, 5.41) is 0. The Morgan fingerprint density at radius 2 is 1.87 bits per heavy atom. The maximum atomic E-state index is 13.3. The molecule has 1 fully saturated rings. The summed E-state index contributed by atoms with van der Waals surface area (Å²) in [5.41, 5.74) is 3.49. The molecule has 2 aromatic rings. The van der Waals surface area contributed by atoms with Gasteiger partial charge in [0.1, 0.15) is 0 Å². The van der Waals surface area contributed by atoms with Crippen LogP contribution in [0.4, 0.5) is 4.79 Å². The molecule has 0 saturated carbocycles. The summed E-state index contributed by atoms with van der Waals surface area (Å²) in [6.07, 6.45) is 5.17. The van der Waals surface area contributed by atoms with Crippen LogP contribution in [0.3, 0.4) is 0 Å². The van der Waals surface area contributed by atoms with Crippen molar-refractivity contribution in [3.05, 3.63) is 53.6 Å². The van der Waals surface area contributed by atoms with Crippen LogP contribution in [0.1, 0.15) is 42.1 Å². The summed E-state index contributed by atoms with van der Waals surface area (Å²) in [7, 11) is 3.54. The first-order valence-corrected chi connectivity index (χ1v) is 10.8. The van der Waals surface area contributed by atoms with E-state index in [9.17, 15) is 9.59 Å². The molecule has 4 rings (SSSR count). The second-order valence-corrected chi connectivity index (χ2v) is 8.64. The van der Waals surface area contributed by atoms with Gasteiger partial charge in [0.05, 0.1) is 24.3 Å². The molecule has 0 bridgehead atoms. The molecule has 0 spiro atoms. The van der Waals surface area contributed by atoms with Crippen LogP contribution < -0.4 is 0 Å². The second-order valence-electron chi connectivity index (χ2n) is 8.64. The highest BCUT2D eigenvalue weighted by molar-refractivity contribution is 5.80. The van der Waals surface area contributed by atoms with E-state index in [2.05, 4.69) is 34.2 Å². The standard InChI is InChI=1S/C23H31N5O2/c1-26(2)23(30)27-12-10-18(11-13-27)22(29)28-14-19(21-20(15-28)24-16-25-21)9-8-17-6-4-3-5-7-17/h3-7,16,18-19H,8-15H2,1-2H3,(H,24,25). The number of fused-ring (bicyclic) bond motifs is 1. The molecule has 2 aliphatic rings. The van der Waals surface area contributed by atoms with Crippen LogP contribution in [0.25, 0.3) is 0 Å². The predicted molar refractivity (Wildman–Crippen MR) is 115 cm³/mol. The summed E-state index contributed by atoms with van der Waals surface area (Å²) in [4.78, 5) is 38.7. The van der Waals surface area contributed by atoms with E-state index in [1.807, 2.05) is 15.9 Å². The fourth-order valence-corrected chi connectivity index (χ4v) is 4.66. The van der Waals surface area contributed by atoms with Crippen LogP contribution in [-0.2, 0) is 17.8 Å². The molecular weight excluding hydrogens is 378 g/mol. The highest BCUT2D eigenvalue weighted by Gasteiger charge is 2.35. The summed E-state index contributed by atoms with van der Waals surface area (Å²) < 4.78 is 0. The minimum Gasteiger partial charge on any atom is -0.347 e. The molecule has 7 nitrogen and oxygen atoms in total. The SMILES string of the molecule is CN(C)C(=O)N1CCC(C(=O)N2Cc3[nH]cnc3C(CCc3ccccc3)C2)CC1. The number of amides is 3. The Kier molecular flexibility index (Phi) is 6.06. The van der Waals surface area contributed by atoms with Gasteiger partial charge in [0.25, 0.3) is 0 Å². The monoisotopic (exact) mass is 409 g/mol. The number of likely N-dealkylation sites (tertiary alicyclic amines) is 1. The summed E-state index contributed by atoms with van der Waals surface area (Å²) in [6, 6.07) is 10.5. The lowest BCUT2D eigenvalue weighted by Crippen LogP contribution is -2.48. The van der Waals surface area contributed by atoms with Crippen molar-refractivity contribution in [3.63, 3.8) is 0 Å². The predicted octanol–water partition coefficient (Wildman–Crippen LogP) is 2.86. The van der Waals surface area contributed by atoms with E-state index in [0.717, 1.165) is 43.6 Å². The largest absolute Gasteiger partial charge is 0.347 e. The Labute approximate surface area is 178 Å². The van der Waals surface area contributed by atoms with Crippen molar-refractivity contribution in [2.45, 2.75) is 38.1 Å². The molecule has 1 N–H and O–H groups in total. The number of carbonyl (C=O) groups excluding carboxylic acids is 2. The average molecular weight is 410 g/mol. The number of carbonyl (C=O) groups is 2. The lowest BCUT2D eigenvalue weighted by atomic mass is 9.89. The molecule has 7 heteroatoms. The maximum Gasteiger partial charge on any atom is 0.319 e. The van der Waals surface area contributed by atoms with Gasteiger partial charge in [-0.15, -0.1) is 0 Å². The van der Waals surface area contributed by atoms with Gasteiger partial charge in [-0.05, 0) is 31.2 Å². The number of hydrogen-bond donors (Lipinski definition) is 1. The van der Waals surface area contributed by atoms with Crippen molar-refractivity contribution in [3.8, 4) is 0 Å². The van der Waals surface area contributed by atoms with Crippen LogP contribution in [-0.4, -0.2) is 70.3 Å². The highest BCUT2D eigenvalue weighted by Crippen LogP contribution is 2.31. The number of rotatable bonds is 4. The first-order chi connectivity index (χ1) is 14.5. The van der Waals surface area contributed by atoms with Crippen molar-refractivity contribution >= 4 is 11.9 Å². The number of nitrogens with one attached hydrogen (secondary N) is 1. The van der Waals surface area contributed by atoms with Gasteiger partial charge in [-0.1, -0.05) is 30.3 Å². The average Bonchev–Trinajstić information content (AvgIpc) is 3.26. The highest BCUT2D eigenvalue weighted by atomic mass is 16.2. The Morgan fingerprint density at radius 3 is 2.57 bits per heavy atom. The number of hydrogen-bond acceptors (Lipinski definition) is 3. The number of aryl methyl sites for hydroxylation is 1. The first kappa shape index (κ1) is 20.4. The number of nitrogens with zero attached hydrogens (tertiary/aromatic N) is 4. The minimum absolute atomic E-state index is 0.00421. The van der Waals surface area contributed by atoms with E-state index >= 15 is 0 Å². The zero-order chi connectivity index (χ0) is 21.1. The summed E-state index contributed by atoms with van der Waals surface area (Å²) in [5.74, 6) is 0.465. The van der Waals surface area contributed by atoms with Gasteiger partial charge in [-0.3, -0.25) is 4.79 Å². The van der Waals surface area contributed by atoms with Crippen LogP contribution >= 0.6 is 0 Å². The quantitative estimate of drug-likeness (QED) is 0.844. The van der Waals surface area contributed by atoms with E-state index < -0.39 is 0 Å². The zero-order valence-electron chi connectivity index (χ0n) is 17.9. The van der Waals surface area contributed by atoms with Crippen molar-refractivity contribution in [1.82, 2.24) is 24.7 Å². The Bertz CT molecular complexity index is 871. The Hall–Kier alpha value is -2.83. The molecular formula is C23H31N5O2. The van der Waals surface area contributed by atoms with E-state index in [0.29, 0.717) is 19.6 Å². The van der Waals surface area contributed by atoms with Gasteiger partial charge in [0.15, 0.2) is 0 Å². The molecule has 3 heterocycles. The van der Waals surface area contributed by atoms with Crippen LogP contribution in [0.5, 0.6) is 0 Å². The summed E-state index contributed by atoms with van der Waals surface area (Å²) in [6.45, 7) is 2.62. The van der Waals surface area contributed by atoms with Crippen molar-refractivity contribution in [1.29, 1.82) is 0 Å². The van der Waals surface area contributed by atoms with Gasteiger partial charge in [-0.25, -0.2) is 9.78 Å². The normalized spacial score (nSPS) is 19.5. The van der Waals surface area contributed by atoms with Gasteiger partial charge in [0, 0.05) is 45.6 Å². The molecule has 2 aliphatic heterocycles. The molecule has 1 saturated heterocycles. The van der Waals surface area contributed by atoms with Crippen molar-refractivity contribution in [2.75, 3.05) is 33.7 Å². The molecule has 0 aliphatic carbocycles. The Morgan fingerprint density at radius 1 is 1.13 bits per heavy atom. The number of urea groups is 1. The first-order valence-electron chi connectivity index (χ1n) is 10.8. The van der Waals surface area contributed by atoms with E-state index in [1.165, 1.54) is 5.56 Å². The fourth-order valence-electron chi connectivity index (χ4n) is 4.66. The minimum atomic E-state index is -0.00421. The topological polar surface area (TPSA) is 72.5 Å². The third kappa shape index (κ3) is 4.35. The molecule has 1 aromatic heterocycles. The van der Waals surface area contributed by atoms with Crippen LogP contribution in [0.2, 0.25) is 0 Å². The lowest BCUT2D eigenvalue weighted by Gasteiger charge is -2.38. The smallest absolute Gasteiger partial charge is 0.319 e. The van der Waals surface area contributed by atoms with E-state index in [-0.39, 0.29) is 23.8 Å². The molecule has 160 valence electrons. The zero-order valence-corrected chi connectivity index (χ0v) is 17.9. The van der Waals surface area contributed by atoms with Gasteiger partial charge in [-0.2, -0.15) is 0 Å².